The van der Waals surface area contributed by atoms with Gasteiger partial charge in [-0.2, -0.15) is 0 Å². The lowest BCUT2D eigenvalue weighted by Crippen LogP contribution is -2.57. The second kappa shape index (κ2) is 12.9. The minimum atomic E-state index is -0.996. The first-order valence-electron chi connectivity index (χ1n) is 10.6. The SMILES string of the molecule is CC[C@H](C)[C@@H]([C@@H](CC(=O)O)OC)N(C)C(=O)[C@@H](NC(=O)OCc1ccccc1)C(C)C. The molecule has 2 amide bonds. The van der Waals surface area contributed by atoms with E-state index in [1.165, 1.54) is 12.0 Å². The number of amides is 2. The maximum Gasteiger partial charge on any atom is 0.408 e. The number of likely N-dealkylation sites (N-methyl/N-ethyl adjacent to an activating group) is 1. The van der Waals surface area contributed by atoms with Crippen LogP contribution in [0.25, 0.3) is 0 Å². The second-order valence-corrected chi connectivity index (χ2v) is 8.13. The Kier molecular flexibility index (Phi) is 11.0. The van der Waals surface area contributed by atoms with Crippen molar-refractivity contribution < 1.29 is 29.0 Å². The Hall–Kier alpha value is -2.61. The third-order valence-electron chi connectivity index (χ3n) is 5.50. The zero-order valence-electron chi connectivity index (χ0n) is 19.3. The van der Waals surface area contributed by atoms with Gasteiger partial charge in [-0.05, 0) is 17.4 Å². The van der Waals surface area contributed by atoms with Gasteiger partial charge in [0.1, 0.15) is 12.6 Å². The van der Waals surface area contributed by atoms with Crippen molar-refractivity contribution in [2.24, 2.45) is 11.8 Å². The van der Waals surface area contributed by atoms with Crippen LogP contribution < -0.4 is 5.32 Å². The monoisotopic (exact) mass is 436 g/mol. The van der Waals surface area contributed by atoms with Crippen molar-refractivity contribution in [3.05, 3.63) is 35.9 Å². The molecule has 31 heavy (non-hydrogen) atoms. The molecule has 1 rings (SSSR count). The fraction of sp³-hybridized carbons (Fsp3) is 0.609. The molecular weight excluding hydrogens is 400 g/mol. The van der Waals surface area contributed by atoms with Gasteiger partial charge in [0.2, 0.25) is 5.91 Å². The van der Waals surface area contributed by atoms with Crippen LogP contribution in [-0.2, 0) is 25.7 Å². The number of carbonyl (C=O) groups excluding carboxylic acids is 2. The minimum Gasteiger partial charge on any atom is -0.481 e. The lowest BCUT2D eigenvalue weighted by Gasteiger charge is -2.39. The molecule has 0 spiro atoms. The molecule has 0 bridgehead atoms. The predicted molar refractivity (Wildman–Crippen MR) is 117 cm³/mol. The first kappa shape index (κ1) is 26.4. The maximum absolute atomic E-state index is 13.3. The van der Waals surface area contributed by atoms with Gasteiger partial charge in [-0.25, -0.2) is 4.79 Å². The summed E-state index contributed by atoms with van der Waals surface area (Å²) in [6.45, 7) is 7.69. The van der Waals surface area contributed by atoms with Crippen molar-refractivity contribution in [2.75, 3.05) is 14.2 Å². The van der Waals surface area contributed by atoms with E-state index in [-0.39, 0.29) is 30.8 Å². The summed E-state index contributed by atoms with van der Waals surface area (Å²) in [7, 11) is 3.07. The van der Waals surface area contributed by atoms with Crippen molar-refractivity contribution >= 4 is 18.0 Å². The lowest BCUT2D eigenvalue weighted by molar-refractivity contribution is -0.147. The summed E-state index contributed by atoms with van der Waals surface area (Å²) < 4.78 is 10.7. The lowest BCUT2D eigenvalue weighted by atomic mass is 9.90. The van der Waals surface area contributed by atoms with Gasteiger partial charge in [-0.1, -0.05) is 64.4 Å². The number of nitrogens with zero attached hydrogens (tertiary/aromatic N) is 1. The molecule has 0 aromatic heterocycles. The number of carbonyl (C=O) groups is 3. The Morgan fingerprint density at radius 3 is 2.23 bits per heavy atom. The highest BCUT2D eigenvalue weighted by atomic mass is 16.5. The highest BCUT2D eigenvalue weighted by molar-refractivity contribution is 5.86. The fourth-order valence-corrected chi connectivity index (χ4v) is 3.53. The average Bonchev–Trinajstić information content (AvgIpc) is 2.74. The Morgan fingerprint density at radius 1 is 1.13 bits per heavy atom. The number of rotatable bonds is 12. The molecule has 0 saturated heterocycles. The van der Waals surface area contributed by atoms with E-state index in [1.807, 2.05) is 58.0 Å². The number of benzene rings is 1. The zero-order valence-corrected chi connectivity index (χ0v) is 19.3. The molecule has 0 radical (unpaired) electrons. The highest BCUT2D eigenvalue weighted by Crippen LogP contribution is 2.23. The molecule has 0 aliphatic carbocycles. The molecule has 0 fully saturated rings. The molecule has 2 N–H and O–H groups in total. The van der Waals surface area contributed by atoms with Crippen LogP contribution in [0.2, 0.25) is 0 Å². The van der Waals surface area contributed by atoms with Crippen LogP contribution in [0.15, 0.2) is 30.3 Å². The fourth-order valence-electron chi connectivity index (χ4n) is 3.53. The zero-order chi connectivity index (χ0) is 23.6. The van der Waals surface area contributed by atoms with E-state index in [0.29, 0.717) is 0 Å². The van der Waals surface area contributed by atoms with Crippen molar-refractivity contribution in [3.63, 3.8) is 0 Å². The molecule has 174 valence electrons. The summed E-state index contributed by atoms with van der Waals surface area (Å²) in [5, 5.41) is 11.9. The Bertz CT molecular complexity index is 709. The van der Waals surface area contributed by atoms with Crippen LogP contribution in [0.4, 0.5) is 4.79 Å². The van der Waals surface area contributed by atoms with Gasteiger partial charge >= 0.3 is 12.1 Å². The Morgan fingerprint density at radius 2 is 1.74 bits per heavy atom. The van der Waals surface area contributed by atoms with Gasteiger partial charge in [0.25, 0.3) is 0 Å². The van der Waals surface area contributed by atoms with Gasteiger partial charge in [0.15, 0.2) is 0 Å². The van der Waals surface area contributed by atoms with Crippen LogP contribution in [0.3, 0.4) is 0 Å². The molecular formula is C23H36N2O6. The van der Waals surface area contributed by atoms with Crippen LogP contribution in [-0.4, -0.2) is 60.3 Å². The topological polar surface area (TPSA) is 105 Å². The molecule has 0 aliphatic rings. The van der Waals surface area contributed by atoms with Crippen molar-refractivity contribution in [3.8, 4) is 0 Å². The summed E-state index contributed by atoms with van der Waals surface area (Å²) in [6.07, 6.45) is -0.833. The van der Waals surface area contributed by atoms with Crippen LogP contribution in [0.5, 0.6) is 0 Å². The van der Waals surface area contributed by atoms with Crippen molar-refractivity contribution in [1.82, 2.24) is 10.2 Å². The van der Waals surface area contributed by atoms with E-state index < -0.39 is 30.3 Å². The number of aliphatic carboxylic acids is 1. The molecule has 8 heteroatoms. The van der Waals surface area contributed by atoms with Gasteiger partial charge in [-0.3, -0.25) is 9.59 Å². The van der Waals surface area contributed by atoms with E-state index >= 15 is 0 Å². The number of hydrogen-bond acceptors (Lipinski definition) is 5. The second-order valence-electron chi connectivity index (χ2n) is 8.13. The Labute approximate surface area is 184 Å². The van der Waals surface area contributed by atoms with Crippen LogP contribution >= 0.6 is 0 Å². The number of nitrogens with one attached hydrogen (secondary N) is 1. The molecule has 0 heterocycles. The molecule has 4 atom stereocenters. The largest absolute Gasteiger partial charge is 0.481 e. The predicted octanol–water partition coefficient (Wildman–Crippen LogP) is 3.30. The summed E-state index contributed by atoms with van der Waals surface area (Å²) in [4.78, 5) is 38.5. The van der Waals surface area contributed by atoms with Crippen LogP contribution in [0.1, 0.15) is 46.1 Å². The number of alkyl carbamates (subject to hydrolysis) is 1. The molecule has 0 aliphatic heterocycles. The van der Waals surface area contributed by atoms with Gasteiger partial charge in [0.05, 0.1) is 18.6 Å². The summed E-state index contributed by atoms with van der Waals surface area (Å²) in [5.41, 5.74) is 0.843. The summed E-state index contributed by atoms with van der Waals surface area (Å²) >= 11 is 0. The van der Waals surface area contributed by atoms with Crippen LogP contribution in [0, 0.1) is 11.8 Å². The third kappa shape index (κ3) is 8.20. The first-order valence-corrected chi connectivity index (χ1v) is 10.6. The smallest absolute Gasteiger partial charge is 0.408 e. The van der Waals surface area contributed by atoms with Gasteiger partial charge in [-0.15, -0.1) is 0 Å². The van der Waals surface area contributed by atoms with E-state index in [9.17, 15) is 19.5 Å². The van der Waals surface area contributed by atoms with Gasteiger partial charge in [0, 0.05) is 14.2 Å². The molecule has 8 nitrogen and oxygen atoms in total. The molecule has 0 saturated carbocycles. The quantitative estimate of drug-likeness (QED) is 0.521. The number of methoxy groups -OCH3 is 1. The number of hydrogen-bond donors (Lipinski definition) is 2. The van der Waals surface area contributed by atoms with E-state index in [0.717, 1.165) is 12.0 Å². The van der Waals surface area contributed by atoms with Gasteiger partial charge < -0.3 is 24.8 Å². The Balaban J connectivity index is 2.94. The van der Waals surface area contributed by atoms with Crippen molar-refractivity contribution in [2.45, 2.75) is 65.3 Å². The van der Waals surface area contributed by atoms with E-state index in [1.54, 1.807) is 7.05 Å². The minimum absolute atomic E-state index is 0.00362. The first-order chi connectivity index (χ1) is 14.6. The van der Waals surface area contributed by atoms with Crippen molar-refractivity contribution in [1.29, 1.82) is 0 Å². The maximum atomic E-state index is 13.3. The summed E-state index contributed by atoms with van der Waals surface area (Å²) in [6, 6.07) is 7.99. The standard InChI is InChI=1S/C23H36N2O6/c1-7-16(4)21(18(30-6)13-19(26)27)25(5)22(28)20(15(2)3)24-23(29)31-14-17-11-9-8-10-12-17/h8-12,15-16,18,20-21H,7,13-14H2,1-6H3,(H,24,29)(H,26,27)/t16-,18+,20-,21-/m0/s1. The number of ether oxygens (including phenoxy) is 2. The third-order valence-corrected chi connectivity index (χ3v) is 5.50. The normalized spacial score (nSPS) is 14.9. The number of carboxylic acids is 1. The average molecular weight is 437 g/mol. The van der Waals surface area contributed by atoms with E-state index in [4.69, 9.17) is 9.47 Å². The van der Waals surface area contributed by atoms with E-state index in [2.05, 4.69) is 5.32 Å². The molecule has 1 aromatic rings. The highest BCUT2D eigenvalue weighted by Gasteiger charge is 2.37. The molecule has 1 aromatic carbocycles. The summed E-state index contributed by atoms with van der Waals surface area (Å²) in [5.74, 6) is -1.51. The molecule has 0 unspecified atom stereocenters. The number of carboxylic acid groups (broad SMARTS) is 1.